The highest BCUT2D eigenvalue weighted by Crippen LogP contribution is 2.39. The van der Waals surface area contributed by atoms with Crippen LogP contribution in [0.1, 0.15) is 37.5 Å². The number of carbonyl (C=O) groups is 1. The van der Waals surface area contributed by atoms with E-state index in [2.05, 4.69) is 15.9 Å². The van der Waals surface area contributed by atoms with Gasteiger partial charge >= 0.3 is 0 Å². The molecule has 3 rings (SSSR count). The van der Waals surface area contributed by atoms with Crippen molar-refractivity contribution >= 4 is 43.2 Å². The summed E-state index contributed by atoms with van der Waals surface area (Å²) in [6, 6.07) is 9.12. The van der Waals surface area contributed by atoms with Gasteiger partial charge in [-0.25, -0.2) is 8.42 Å². The largest absolute Gasteiger partial charge is 0.309 e. The van der Waals surface area contributed by atoms with Gasteiger partial charge in [0.2, 0.25) is 5.91 Å². The number of rotatable bonds is 4. The lowest BCUT2D eigenvalue weighted by molar-refractivity contribution is -0.116. The van der Waals surface area contributed by atoms with Crippen LogP contribution in [0.5, 0.6) is 0 Å². The second-order valence-electron chi connectivity index (χ2n) is 7.29. The Kier molecular flexibility index (Phi) is 5.60. The number of amides is 1. The summed E-state index contributed by atoms with van der Waals surface area (Å²) in [6.45, 7) is 9.57. The van der Waals surface area contributed by atoms with Crippen molar-refractivity contribution in [2.24, 2.45) is 0 Å². The van der Waals surface area contributed by atoms with Gasteiger partial charge in [-0.3, -0.25) is 9.10 Å². The van der Waals surface area contributed by atoms with Crippen molar-refractivity contribution in [2.45, 2.75) is 52.0 Å². The molecule has 0 radical (unpaired) electrons. The first kappa shape index (κ1) is 20.9. The lowest BCUT2D eigenvalue weighted by atomic mass is 10.1. The number of aryl methyl sites for hydroxylation is 2. The van der Waals surface area contributed by atoms with E-state index in [1.807, 2.05) is 52.0 Å². The summed E-state index contributed by atoms with van der Waals surface area (Å²) < 4.78 is 29.0. The number of carbonyl (C=O) groups excluding carboxylic acids is 1. The van der Waals surface area contributed by atoms with E-state index >= 15 is 0 Å². The number of benzene rings is 2. The van der Waals surface area contributed by atoms with Gasteiger partial charge in [0.05, 0.1) is 5.69 Å². The van der Waals surface area contributed by atoms with Crippen LogP contribution in [-0.4, -0.2) is 26.9 Å². The van der Waals surface area contributed by atoms with Crippen LogP contribution in [0.25, 0.3) is 0 Å². The molecule has 0 aromatic heterocycles. The minimum absolute atomic E-state index is 0.0133. The van der Waals surface area contributed by atoms with Crippen molar-refractivity contribution in [2.75, 3.05) is 15.7 Å². The maximum atomic E-state index is 13.5. The van der Waals surface area contributed by atoms with Crippen molar-refractivity contribution < 1.29 is 13.2 Å². The standard InChI is InChI=1S/C21H25BrN2O3S/c1-6-23(18-8-7-13(2)14(3)9-18)28(26,27)21-12-20-17(11-19(21)22)10-15(4)24(20)16(5)25/h7-9,11-12,15H,6,10H2,1-5H3/t15-/m0/s1. The molecule has 1 heterocycles. The first-order chi connectivity index (χ1) is 13.1. The molecule has 0 N–H and O–H groups in total. The van der Waals surface area contributed by atoms with Gasteiger partial charge in [0, 0.05) is 29.7 Å². The normalized spacial score (nSPS) is 16.2. The van der Waals surface area contributed by atoms with Crippen LogP contribution in [0, 0.1) is 13.8 Å². The summed E-state index contributed by atoms with van der Waals surface area (Å²) >= 11 is 3.45. The summed E-state index contributed by atoms with van der Waals surface area (Å²) in [5.41, 5.74) is 4.44. The predicted octanol–water partition coefficient (Wildman–Crippen LogP) is 4.58. The molecule has 2 aromatic rings. The number of hydrogen-bond acceptors (Lipinski definition) is 3. The first-order valence-corrected chi connectivity index (χ1v) is 11.5. The van der Waals surface area contributed by atoms with Gasteiger partial charge in [-0.05, 0) is 91.0 Å². The Morgan fingerprint density at radius 1 is 1.21 bits per heavy atom. The van der Waals surface area contributed by atoms with Gasteiger partial charge in [-0.1, -0.05) is 6.07 Å². The van der Waals surface area contributed by atoms with Gasteiger partial charge in [-0.2, -0.15) is 0 Å². The maximum Gasteiger partial charge on any atom is 0.265 e. The fourth-order valence-electron chi connectivity index (χ4n) is 3.79. The van der Waals surface area contributed by atoms with E-state index in [1.165, 1.54) is 11.2 Å². The third-order valence-electron chi connectivity index (χ3n) is 5.32. The Balaban J connectivity index is 2.13. The Bertz CT molecular complexity index is 1050. The molecule has 0 saturated carbocycles. The minimum Gasteiger partial charge on any atom is -0.309 e. The number of hydrogen-bond donors (Lipinski definition) is 0. The number of halogens is 1. The summed E-state index contributed by atoms with van der Waals surface area (Å²) in [5, 5.41) is 0. The van der Waals surface area contributed by atoms with E-state index in [1.54, 1.807) is 11.0 Å². The predicted molar refractivity (Wildman–Crippen MR) is 117 cm³/mol. The first-order valence-electron chi connectivity index (χ1n) is 9.30. The molecule has 150 valence electrons. The Labute approximate surface area is 175 Å². The fraction of sp³-hybridized carbons (Fsp3) is 0.381. The minimum atomic E-state index is -3.80. The van der Waals surface area contributed by atoms with Crippen molar-refractivity contribution in [1.29, 1.82) is 0 Å². The molecule has 0 spiro atoms. The van der Waals surface area contributed by atoms with Gasteiger partial charge in [-0.15, -0.1) is 0 Å². The van der Waals surface area contributed by atoms with Crippen LogP contribution in [0.3, 0.4) is 0 Å². The molecule has 0 unspecified atom stereocenters. The van der Waals surface area contributed by atoms with E-state index < -0.39 is 10.0 Å². The van der Waals surface area contributed by atoms with Crippen LogP contribution in [0.2, 0.25) is 0 Å². The van der Waals surface area contributed by atoms with Crippen LogP contribution < -0.4 is 9.21 Å². The number of nitrogens with zero attached hydrogens (tertiary/aromatic N) is 2. The van der Waals surface area contributed by atoms with E-state index in [9.17, 15) is 13.2 Å². The van der Waals surface area contributed by atoms with Crippen molar-refractivity contribution in [3.63, 3.8) is 0 Å². The quantitative estimate of drug-likeness (QED) is 0.665. The zero-order valence-electron chi connectivity index (χ0n) is 16.8. The number of sulfonamides is 1. The van der Waals surface area contributed by atoms with E-state index in [0.29, 0.717) is 28.8 Å². The van der Waals surface area contributed by atoms with Crippen molar-refractivity contribution in [1.82, 2.24) is 0 Å². The van der Waals surface area contributed by atoms with Gasteiger partial charge in [0.25, 0.3) is 10.0 Å². The molecule has 7 heteroatoms. The lowest BCUT2D eigenvalue weighted by Crippen LogP contribution is -2.34. The summed E-state index contributed by atoms with van der Waals surface area (Å²) in [5.74, 6) is -0.0848. The summed E-state index contributed by atoms with van der Waals surface area (Å²) in [6.07, 6.45) is 0.711. The van der Waals surface area contributed by atoms with Crippen LogP contribution in [0.15, 0.2) is 39.7 Å². The third kappa shape index (κ3) is 3.46. The molecule has 0 saturated heterocycles. The molecule has 1 amide bonds. The molecule has 2 aromatic carbocycles. The topological polar surface area (TPSA) is 57.7 Å². The van der Waals surface area contributed by atoms with Gasteiger partial charge < -0.3 is 4.90 Å². The molecule has 0 fully saturated rings. The molecule has 0 bridgehead atoms. The summed E-state index contributed by atoms with van der Waals surface area (Å²) in [4.78, 5) is 13.9. The zero-order chi connectivity index (χ0) is 20.8. The smallest absolute Gasteiger partial charge is 0.265 e. The van der Waals surface area contributed by atoms with Gasteiger partial charge in [0.15, 0.2) is 0 Å². The average Bonchev–Trinajstić information content (AvgIpc) is 2.92. The second-order valence-corrected chi connectivity index (χ2v) is 9.98. The van der Waals surface area contributed by atoms with E-state index in [0.717, 1.165) is 16.7 Å². The molecule has 1 aliphatic rings. The highest BCUT2D eigenvalue weighted by Gasteiger charge is 2.33. The van der Waals surface area contributed by atoms with Crippen LogP contribution in [-0.2, 0) is 21.2 Å². The zero-order valence-corrected chi connectivity index (χ0v) is 19.2. The Hall–Kier alpha value is -1.86. The van der Waals surface area contributed by atoms with Crippen LogP contribution in [0.4, 0.5) is 11.4 Å². The molecule has 1 aliphatic heterocycles. The summed E-state index contributed by atoms with van der Waals surface area (Å²) in [7, 11) is -3.80. The second kappa shape index (κ2) is 7.52. The third-order valence-corrected chi connectivity index (χ3v) is 8.18. The average molecular weight is 465 g/mol. The van der Waals surface area contributed by atoms with E-state index in [-0.39, 0.29) is 16.8 Å². The number of fused-ring (bicyclic) bond motifs is 1. The molecule has 1 atom stereocenters. The highest BCUT2D eigenvalue weighted by atomic mass is 79.9. The maximum absolute atomic E-state index is 13.5. The van der Waals surface area contributed by atoms with Crippen molar-refractivity contribution in [3.05, 3.63) is 51.5 Å². The monoisotopic (exact) mass is 464 g/mol. The molecule has 5 nitrogen and oxygen atoms in total. The number of anilines is 2. The molecule has 0 aliphatic carbocycles. The van der Waals surface area contributed by atoms with Crippen LogP contribution >= 0.6 is 15.9 Å². The SMILES string of the molecule is CCN(c1ccc(C)c(C)c1)S(=O)(=O)c1cc2c(cc1Br)C[C@H](C)N2C(C)=O. The fourth-order valence-corrected chi connectivity index (χ4v) is 6.33. The van der Waals surface area contributed by atoms with E-state index in [4.69, 9.17) is 0 Å². The molecular weight excluding hydrogens is 440 g/mol. The lowest BCUT2D eigenvalue weighted by Gasteiger charge is -2.26. The molecular formula is C21H25BrN2O3S. The highest BCUT2D eigenvalue weighted by molar-refractivity contribution is 9.10. The Morgan fingerprint density at radius 3 is 2.46 bits per heavy atom. The Morgan fingerprint density at radius 2 is 1.89 bits per heavy atom. The molecule has 28 heavy (non-hydrogen) atoms. The van der Waals surface area contributed by atoms with Gasteiger partial charge in [0.1, 0.15) is 4.90 Å². The van der Waals surface area contributed by atoms with Crippen molar-refractivity contribution in [3.8, 4) is 0 Å².